The zero-order valence-electron chi connectivity index (χ0n) is 15.8. The van der Waals surface area contributed by atoms with Gasteiger partial charge in [-0.3, -0.25) is 4.78 Å². The molecule has 7 heteroatoms. The van der Waals surface area contributed by atoms with Gasteiger partial charge in [0.15, 0.2) is 17.1 Å². The standard InChI is InChI=1S/C21H24ClN3O2S/c1-12(17-5-6-19(26-17)28(2)23)24-15-10-21(11-15)8-13(9-21)20-25-16-7-14(22)3-4-18(16)27-20/h3-7,13,15,20,23-25H,1,8-11H2,2H3. The number of rotatable bonds is 5. The maximum Gasteiger partial charge on any atom is 0.173 e. The first-order valence-electron chi connectivity index (χ1n) is 9.56. The summed E-state index contributed by atoms with van der Waals surface area (Å²) in [7, 11) is -0.612. The molecule has 2 aliphatic carbocycles. The van der Waals surface area contributed by atoms with Crippen LogP contribution in [0.3, 0.4) is 0 Å². The van der Waals surface area contributed by atoms with Crippen molar-refractivity contribution in [3.05, 3.63) is 47.7 Å². The fraction of sp³-hybridized carbons (Fsp3) is 0.429. The number of ether oxygens (including phenoxy) is 1. The minimum absolute atomic E-state index is 0.0651. The van der Waals surface area contributed by atoms with Crippen LogP contribution in [-0.4, -0.2) is 18.5 Å². The van der Waals surface area contributed by atoms with Gasteiger partial charge in [-0.2, -0.15) is 0 Å². The smallest absolute Gasteiger partial charge is 0.173 e. The molecule has 2 aromatic rings. The number of benzene rings is 1. The van der Waals surface area contributed by atoms with Crippen LogP contribution in [0.1, 0.15) is 31.4 Å². The SMILES string of the molecule is C=C(NC1CC2(C1)CC(C1Nc3cc(Cl)ccc3O1)C2)c1ccc(S(C)=N)o1. The van der Waals surface area contributed by atoms with Gasteiger partial charge in [-0.05, 0) is 78.4 Å². The molecule has 5 nitrogen and oxygen atoms in total. The molecule has 0 saturated heterocycles. The van der Waals surface area contributed by atoms with Gasteiger partial charge in [-0.25, -0.2) is 0 Å². The maximum absolute atomic E-state index is 7.75. The first kappa shape index (κ1) is 18.1. The average Bonchev–Trinajstić information content (AvgIpc) is 3.21. The van der Waals surface area contributed by atoms with E-state index < -0.39 is 10.7 Å². The number of furan rings is 1. The van der Waals surface area contributed by atoms with Crippen LogP contribution in [0.5, 0.6) is 5.75 Å². The van der Waals surface area contributed by atoms with Crippen molar-refractivity contribution in [2.45, 2.75) is 43.0 Å². The first-order valence-corrected chi connectivity index (χ1v) is 11.6. The summed E-state index contributed by atoms with van der Waals surface area (Å²) in [4.78, 5) is 0. The molecule has 0 radical (unpaired) electrons. The van der Waals surface area contributed by atoms with E-state index in [-0.39, 0.29) is 6.23 Å². The quantitative estimate of drug-likeness (QED) is 0.621. The Bertz CT molecular complexity index is 958. The Morgan fingerprint density at radius 1 is 1.29 bits per heavy atom. The highest BCUT2D eigenvalue weighted by Gasteiger charge is 2.55. The lowest BCUT2D eigenvalue weighted by Gasteiger charge is -2.58. The van der Waals surface area contributed by atoms with Gasteiger partial charge < -0.3 is 19.8 Å². The summed E-state index contributed by atoms with van der Waals surface area (Å²) in [6.45, 7) is 4.12. The normalized spacial score (nSPS) is 31.1. The van der Waals surface area contributed by atoms with Crippen molar-refractivity contribution in [1.29, 1.82) is 4.78 Å². The second kappa shape index (κ2) is 6.56. The third-order valence-electron chi connectivity index (χ3n) is 6.23. The fourth-order valence-electron chi connectivity index (χ4n) is 4.90. The molecule has 148 valence electrons. The van der Waals surface area contributed by atoms with Crippen molar-refractivity contribution in [3.63, 3.8) is 0 Å². The molecule has 28 heavy (non-hydrogen) atoms. The first-order chi connectivity index (χ1) is 13.4. The van der Waals surface area contributed by atoms with Gasteiger partial charge in [0.2, 0.25) is 0 Å². The van der Waals surface area contributed by atoms with Gasteiger partial charge >= 0.3 is 0 Å². The van der Waals surface area contributed by atoms with Crippen LogP contribution in [0.4, 0.5) is 5.69 Å². The van der Waals surface area contributed by atoms with Crippen LogP contribution in [0.25, 0.3) is 5.70 Å². The molecule has 1 aliphatic heterocycles. The van der Waals surface area contributed by atoms with Crippen LogP contribution in [-0.2, 0) is 10.7 Å². The molecule has 2 heterocycles. The van der Waals surface area contributed by atoms with Crippen LogP contribution in [0.2, 0.25) is 5.02 Å². The van der Waals surface area contributed by atoms with Crippen LogP contribution < -0.4 is 15.4 Å². The van der Waals surface area contributed by atoms with Crippen LogP contribution in [0, 0.1) is 16.1 Å². The molecular weight excluding hydrogens is 394 g/mol. The van der Waals surface area contributed by atoms with Crippen LogP contribution in [0.15, 0.2) is 46.4 Å². The minimum Gasteiger partial charge on any atom is -0.468 e. The highest BCUT2D eigenvalue weighted by Crippen LogP contribution is 2.60. The molecule has 0 bridgehead atoms. The molecule has 2 saturated carbocycles. The second-order valence-corrected chi connectivity index (χ2v) is 10.2. The van der Waals surface area contributed by atoms with Crippen molar-refractivity contribution in [2.75, 3.05) is 11.6 Å². The largest absolute Gasteiger partial charge is 0.468 e. The van der Waals surface area contributed by atoms with Crippen molar-refractivity contribution >= 4 is 33.7 Å². The predicted molar refractivity (Wildman–Crippen MR) is 113 cm³/mol. The van der Waals surface area contributed by atoms with E-state index in [9.17, 15) is 0 Å². The van der Waals surface area contributed by atoms with Crippen LogP contribution >= 0.6 is 11.6 Å². The lowest BCUT2D eigenvalue weighted by molar-refractivity contribution is -0.0761. The molecule has 1 aromatic heterocycles. The van der Waals surface area contributed by atoms with E-state index in [4.69, 9.17) is 25.5 Å². The van der Waals surface area contributed by atoms with Gasteiger partial charge in [-0.1, -0.05) is 18.2 Å². The van der Waals surface area contributed by atoms with Crippen molar-refractivity contribution < 1.29 is 9.15 Å². The lowest BCUT2D eigenvalue weighted by Crippen LogP contribution is -2.57. The Labute approximate surface area is 172 Å². The summed E-state index contributed by atoms with van der Waals surface area (Å²) in [5, 5.41) is 8.42. The fourth-order valence-corrected chi connectivity index (χ4v) is 5.56. The summed E-state index contributed by atoms with van der Waals surface area (Å²) in [6.07, 6.45) is 6.61. The molecule has 5 rings (SSSR count). The number of anilines is 1. The maximum atomic E-state index is 7.75. The van der Waals surface area contributed by atoms with Gasteiger partial charge in [0, 0.05) is 17.0 Å². The van der Waals surface area contributed by atoms with E-state index in [1.54, 1.807) is 0 Å². The summed E-state index contributed by atoms with van der Waals surface area (Å²) in [6, 6.07) is 9.97. The molecule has 2 fully saturated rings. The summed E-state index contributed by atoms with van der Waals surface area (Å²) in [5.74, 6) is 2.19. The minimum atomic E-state index is -0.612. The Morgan fingerprint density at radius 3 is 2.79 bits per heavy atom. The zero-order chi connectivity index (χ0) is 19.5. The second-order valence-electron chi connectivity index (χ2n) is 8.35. The third-order valence-corrected chi connectivity index (χ3v) is 7.29. The van der Waals surface area contributed by atoms with E-state index in [1.165, 1.54) is 12.8 Å². The summed E-state index contributed by atoms with van der Waals surface area (Å²) in [5.41, 5.74) is 2.27. The van der Waals surface area contributed by atoms with Gasteiger partial charge in [0.1, 0.15) is 5.75 Å². The molecule has 3 N–H and O–H groups in total. The molecule has 3 aliphatic rings. The molecule has 1 spiro atoms. The molecule has 0 amide bonds. The Kier molecular flexibility index (Phi) is 4.25. The van der Waals surface area contributed by atoms with Gasteiger partial charge in [0.05, 0.1) is 11.4 Å². The van der Waals surface area contributed by atoms with Crippen molar-refractivity contribution in [3.8, 4) is 5.75 Å². The summed E-state index contributed by atoms with van der Waals surface area (Å²) < 4.78 is 19.5. The molecular formula is C21H24ClN3O2S. The topological polar surface area (TPSA) is 70.3 Å². The highest BCUT2D eigenvalue weighted by atomic mass is 35.5. The van der Waals surface area contributed by atoms with Crippen molar-refractivity contribution in [2.24, 2.45) is 11.3 Å². The van der Waals surface area contributed by atoms with E-state index in [0.29, 0.717) is 22.5 Å². The van der Waals surface area contributed by atoms with Crippen molar-refractivity contribution in [1.82, 2.24) is 5.32 Å². The van der Waals surface area contributed by atoms with E-state index in [0.717, 1.165) is 40.8 Å². The number of nitrogens with one attached hydrogen (secondary N) is 3. The lowest BCUT2D eigenvalue weighted by atomic mass is 9.49. The number of fused-ring (bicyclic) bond motifs is 1. The Balaban J connectivity index is 1.11. The van der Waals surface area contributed by atoms with Gasteiger partial charge in [0.25, 0.3) is 0 Å². The number of halogens is 1. The number of hydrogen-bond acceptors (Lipinski definition) is 5. The average molecular weight is 418 g/mol. The zero-order valence-corrected chi connectivity index (χ0v) is 17.3. The van der Waals surface area contributed by atoms with E-state index in [2.05, 4.69) is 17.2 Å². The Morgan fingerprint density at radius 2 is 2.07 bits per heavy atom. The highest BCUT2D eigenvalue weighted by molar-refractivity contribution is 7.85. The molecule has 1 aromatic carbocycles. The number of hydrogen-bond donors (Lipinski definition) is 3. The molecule has 2 atom stereocenters. The monoisotopic (exact) mass is 417 g/mol. The molecule has 2 unspecified atom stereocenters. The Hall–Kier alpha value is -1.92. The van der Waals surface area contributed by atoms with E-state index in [1.807, 2.05) is 36.6 Å². The van der Waals surface area contributed by atoms with Gasteiger partial charge in [-0.15, -0.1) is 0 Å². The summed E-state index contributed by atoms with van der Waals surface area (Å²) >= 11 is 6.07. The predicted octanol–water partition coefficient (Wildman–Crippen LogP) is 5.25. The van der Waals surface area contributed by atoms with E-state index >= 15 is 0 Å². The third kappa shape index (κ3) is 3.12.